The molecule has 0 aliphatic heterocycles. The smallest absolute Gasteiger partial charge is 0.264 e. The normalized spacial score (nSPS) is 14.3. The maximum absolute atomic E-state index is 14.3. The van der Waals surface area contributed by atoms with Crippen molar-refractivity contribution in [2.45, 2.75) is 69.5 Å². The largest absolute Gasteiger partial charge is 0.497 e. The fourth-order valence-electron chi connectivity index (χ4n) is 5.24. The summed E-state index contributed by atoms with van der Waals surface area (Å²) in [5.74, 6) is -0.167. The number of aryl methyl sites for hydroxylation is 1. The molecule has 0 saturated heterocycles. The van der Waals surface area contributed by atoms with Gasteiger partial charge in [0, 0.05) is 17.6 Å². The van der Waals surface area contributed by atoms with Gasteiger partial charge in [-0.3, -0.25) is 13.9 Å². The molecular formula is C32H37Cl2N3O5S. The van der Waals surface area contributed by atoms with Crippen LogP contribution in [-0.2, 0) is 26.2 Å². The topological polar surface area (TPSA) is 96.0 Å². The van der Waals surface area contributed by atoms with E-state index < -0.39 is 28.5 Å². The van der Waals surface area contributed by atoms with Crippen LogP contribution in [0, 0.1) is 6.92 Å². The zero-order valence-corrected chi connectivity index (χ0v) is 26.9. The number of hydrogen-bond donors (Lipinski definition) is 1. The molecule has 0 spiro atoms. The maximum Gasteiger partial charge on any atom is 0.264 e. The molecule has 8 nitrogen and oxygen atoms in total. The molecule has 2 amide bonds. The Labute approximate surface area is 264 Å². The van der Waals surface area contributed by atoms with Crippen molar-refractivity contribution in [3.8, 4) is 5.75 Å². The summed E-state index contributed by atoms with van der Waals surface area (Å²) in [5, 5.41) is 3.48. The SMILES string of the molecule is CCC(C(=O)NC1CCCC1)N(Cc1ccc(OC)cc1)C(=O)CN(c1cc(Cl)ccc1Cl)S(=O)(=O)c1ccc(C)cc1. The number of nitrogens with zero attached hydrogens (tertiary/aromatic N) is 2. The molecule has 0 bridgehead atoms. The zero-order valence-electron chi connectivity index (χ0n) is 24.6. The number of methoxy groups -OCH3 is 1. The van der Waals surface area contributed by atoms with Crippen LogP contribution in [0.1, 0.15) is 50.2 Å². The Morgan fingerprint density at radius 3 is 2.26 bits per heavy atom. The molecule has 43 heavy (non-hydrogen) atoms. The van der Waals surface area contributed by atoms with Crippen LogP contribution in [0.5, 0.6) is 5.75 Å². The number of halogens is 2. The fraction of sp³-hybridized carbons (Fsp3) is 0.375. The summed E-state index contributed by atoms with van der Waals surface area (Å²) in [6.07, 6.45) is 4.21. The zero-order chi connectivity index (χ0) is 31.1. The Balaban J connectivity index is 1.74. The lowest BCUT2D eigenvalue weighted by Gasteiger charge is -2.34. The van der Waals surface area contributed by atoms with Gasteiger partial charge in [0.2, 0.25) is 11.8 Å². The van der Waals surface area contributed by atoms with Gasteiger partial charge in [-0.25, -0.2) is 8.42 Å². The van der Waals surface area contributed by atoms with E-state index in [1.54, 1.807) is 37.4 Å². The molecule has 3 aromatic rings. The van der Waals surface area contributed by atoms with Gasteiger partial charge in [-0.2, -0.15) is 0 Å². The second-order valence-electron chi connectivity index (χ2n) is 10.7. The Morgan fingerprint density at radius 1 is 1.00 bits per heavy atom. The summed E-state index contributed by atoms with van der Waals surface area (Å²) in [6.45, 7) is 3.17. The van der Waals surface area contributed by atoms with Crippen LogP contribution in [-0.4, -0.2) is 50.9 Å². The third-order valence-electron chi connectivity index (χ3n) is 7.66. The molecule has 1 fully saturated rings. The number of amides is 2. The molecule has 1 aliphatic carbocycles. The fourth-order valence-corrected chi connectivity index (χ4v) is 7.10. The average Bonchev–Trinajstić information content (AvgIpc) is 3.50. The van der Waals surface area contributed by atoms with Gasteiger partial charge in [-0.05, 0) is 74.2 Å². The van der Waals surface area contributed by atoms with Gasteiger partial charge in [-0.15, -0.1) is 0 Å². The number of benzene rings is 3. The van der Waals surface area contributed by atoms with E-state index in [4.69, 9.17) is 27.9 Å². The highest BCUT2D eigenvalue weighted by molar-refractivity contribution is 7.92. The number of nitrogens with one attached hydrogen (secondary N) is 1. The van der Waals surface area contributed by atoms with E-state index in [2.05, 4.69) is 5.32 Å². The van der Waals surface area contributed by atoms with Gasteiger partial charge < -0.3 is 15.0 Å². The molecule has 230 valence electrons. The first-order valence-corrected chi connectivity index (χ1v) is 16.5. The highest BCUT2D eigenvalue weighted by Gasteiger charge is 2.35. The second kappa shape index (κ2) is 14.5. The van der Waals surface area contributed by atoms with E-state index >= 15 is 0 Å². The van der Waals surface area contributed by atoms with Crippen LogP contribution in [0.15, 0.2) is 71.6 Å². The van der Waals surface area contributed by atoms with Gasteiger partial charge in [0.25, 0.3) is 10.0 Å². The molecule has 11 heteroatoms. The molecule has 1 saturated carbocycles. The minimum atomic E-state index is -4.27. The lowest BCUT2D eigenvalue weighted by atomic mass is 10.1. The van der Waals surface area contributed by atoms with Gasteiger partial charge >= 0.3 is 0 Å². The predicted molar refractivity (Wildman–Crippen MR) is 170 cm³/mol. The lowest BCUT2D eigenvalue weighted by Crippen LogP contribution is -2.53. The van der Waals surface area contributed by atoms with Crippen molar-refractivity contribution in [2.24, 2.45) is 0 Å². The summed E-state index contributed by atoms with van der Waals surface area (Å²) < 4.78 is 34.4. The van der Waals surface area contributed by atoms with Crippen molar-refractivity contribution >= 4 is 50.7 Å². The summed E-state index contributed by atoms with van der Waals surface area (Å²) in [7, 11) is -2.70. The first-order valence-electron chi connectivity index (χ1n) is 14.3. The van der Waals surface area contributed by atoms with E-state index in [1.807, 2.05) is 26.0 Å². The molecular weight excluding hydrogens is 609 g/mol. The molecule has 1 N–H and O–H groups in total. The minimum Gasteiger partial charge on any atom is -0.497 e. The van der Waals surface area contributed by atoms with Crippen molar-refractivity contribution in [3.63, 3.8) is 0 Å². The third kappa shape index (κ3) is 8.02. The van der Waals surface area contributed by atoms with Crippen LogP contribution in [0.3, 0.4) is 0 Å². The first kappa shape index (κ1) is 32.6. The van der Waals surface area contributed by atoms with Gasteiger partial charge in [0.15, 0.2) is 0 Å². The first-order chi connectivity index (χ1) is 20.5. The van der Waals surface area contributed by atoms with Crippen LogP contribution < -0.4 is 14.4 Å². The number of sulfonamides is 1. The van der Waals surface area contributed by atoms with E-state index in [1.165, 1.54) is 29.2 Å². The second-order valence-corrected chi connectivity index (χ2v) is 13.4. The van der Waals surface area contributed by atoms with Crippen LogP contribution in [0.4, 0.5) is 5.69 Å². The molecule has 0 aromatic heterocycles. The standard InChI is InChI=1S/C32H37Cl2N3O5S/c1-4-29(32(39)35-25-7-5-6-8-25)36(20-23-11-14-26(42-3)15-12-23)31(38)21-37(30-19-24(33)13-18-28(30)34)43(40,41)27-16-9-22(2)10-17-27/h9-19,25,29H,4-8,20-21H2,1-3H3,(H,35,39). The van der Waals surface area contributed by atoms with E-state index in [9.17, 15) is 18.0 Å². The average molecular weight is 647 g/mol. The van der Waals surface area contributed by atoms with Gasteiger partial charge in [-0.1, -0.05) is 72.8 Å². The van der Waals surface area contributed by atoms with Crippen molar-refractivity contribution < 1.29 is 22.7 Å². The Kier molecular flexibility index (Phi) is 11.0. The Morgan fingerprint density at radius 2 is 1.65 bits per heavy atom. The molecule has 0 radical (unpaired) electrons. The minimum absolute atomic E-state index is 0.00494. The monoisotopic (exact) mass is 645 g/mol. The molecule has 4 rings (SSSR count). The molecule has 1 unspecified atom stereocenters. The number of carbonyl (C=O) groups is 2. The lowest BCUT2D eigenvalue weighted by molar-refractivity contribution is -0.140. The predicted octanol–water partition coefficient (Wildman–Crippen LogP) is 6.37. The highest BCUT2D eigenvalue weighted by Crippen LogP contribution is 2.33. The molecule has 3 aromatic carbocycles. The van der Waals surface area contributed by atoms with E-state index in [0.717, 1.165) is 41.1 Å². The van der Waals surface area contributed by atoms with Crippen LogP contribution in [0.2, 0.25) is 10.0 Å². The molecule has 0 heterocycles. The number of carbonyl (C=O) groups excluding carboxylic acids is 2. The number of anilines is 1. The Bertz CT molecular complexity index is 1530. The summed E-state index contributed by atoms with van der Waals surface area (Å²) in [5.41, 5.74) is 1.71. The van der Waals surface area contributed by atoms with E-state index in [0.29, 0.717) is 12.2 Å². The highest BCUT2D eigenvalue weighted by atomic mass is 35.5. The number of ether oxygens (including phenoxy) is 1. The van der Waals surface area contributed by atoms with Crippen LogP contribution >= 0.6 is 23.2 Å². The van der Waals surface area contributed by atoms with Gasteiger partial charge in [0.05, 0.1) is 22.7 Å². The van der Waals surface area contributed by atoms with Gasteiger partial charge in [0.1, 0.15) is 18.3 Å². The van der Waals surface area contributed by atoms with Crippen molar-refractivity contribution in [2.75, 3.05) is 18.0 Å². The summed E-state index contributed by atoms with van der Waals surface area (Å²) in [4.78, 5) is 29.3. The van der Waals surface area contributed by atoms with Crippen molar-refractivity contribution in [1.29, 1.82) is 0 Å². The summed E-state index contributed by atoms with van der Waals surface area (Å²) >= 11 is 12.8. The van der Waals surface area contributed by atoms with E-state index in [-0.39, 0.29) is 39.1 Å². The quantitative estimate of drug-likeness (QED) is 0.247. The summed E-state index contributed by atoms with van der Waals surface area (Å²) in [6, 6.07) is 17.2. The van der Waals surface area contributed by atoms with Crippen molar-refractivity contribution in [1.82, 2.24) is 10.2 Å². The van der Waals surface area contributed by atoms with Crippen molar-refractivity contribution in [3.05, 3.63) is 87.9 Å². The number of rotatable bonds is 12. The Hall–Kier alpha value is -3.27. The van der Waals surface area contributed by atoms with Crippen LogP contribution in [0.25, 0.3) is 0 Å². The third-order valence-corrected chi connectivity index (χ3v) is 9.99. The molecule has 1 aliphatic rings. The molecule has 1 atom stereocenters. The maximum atomic E-state index is 14.3. The number of hydrogen-bond acceptors (Lipinski definition) is 5.